The predicted octanol–water partition coefficient (Wildman–Crippen LogP) is 4.18. The first-order chi connectivity index (χ1) is 9.13. The monoisotopic (exact) mass is 263 g/mol. The Labute approximate surface area is 118 Å². The molecule has 0 bridgehead atoms. The highest BCUT2D eigenvalue weighted by Crippen LogP contribution is 2.18. The van der Waals surface area contributed by atoms with E-state index in [1.54, 1.807) is 0 Å². The average Bonchev–Trinajstić information content (AvgIpc) is 2.40. The lowest BCUT2D eigenvalue weighted by Crippen LogP contribution is -2.29. The summed E-state index contributed by atoms with van der Waals surface area (Å²) in [4.78, 5) is 0. The van der Waals surface area contributed by atoms with Crippen molar-refractivity contribution < 1.29 is 4.74 Å². The SMILES string of the molecule is CCCC(C)COC(CNC(C)C)c1ccccc1. The van der Waals surface area contributed by atoms with Gasteiger partial charge in [0.15, 0.2) is 0 Å². The molecule has 0 heterocycles. The van der Waals surface area contributed by atoms with Gasteiger partial charge in [0, 0.05) is 12.6 Å². The van der Waals surface area contributed by atoms with Crippen molar-refractivity contribution in [3.05, 3.63) is 35.9 Å². The van der Waals surface area contributed by atoms with Gasteiger partial charge < -0.3 is 10.1 Å². The van der Waals surface area contributed by atoms with E-state index < -0.39 is 0 Å². The Morgan fingerprint density at radius 3 is 2.37 bits per heavy atom. The van der Waals surface area contributed by atoms with Crippen molar-refractivity contribution >= 4 is 0 Å². The molecular weight excluding hydrogens is 234 g/mol. The normalized spacial score (nSPS) is 14.6. The van der Waals surface area contributed by atoms with E-state index in [9.17, 15) is 0 Å². The van der Waals surface area contributed by atoms with Gasteiger partial charge in [-0.3, -0.25) is 0 Å². The molecule has 1 aromatic rings. The van der Waals surface area contributed by atoms with Crippen LogP contribution in [0.2, 0.25) is 0 Å². The van der Waals surface area contributed by atoms with Crippen LogP contribution in [0.3, 0.4) is 0 Å². The lowest BCUT2D eigenvalue weighted by molar-refractivity contribution is 0.0289. The lowest BCUT2D eigenvalue weighted by Gasteiger charge is -2.22. The van der Waals surface area contributed by atoms with E-state index in [0.29, 0.717) is 12.0 Å². The van der Waals surface area contributed by atoms with Crippen LogP contribution in [0.4, 0.5) is 0 Å². The minimum absolute atomic E-state index is 0.155. The summed E-state index contributed by atoms with van der Waals surface area (Å²) in [5, 5.41) is 3.47. The zero-order valence-corrected chi connectivity index (χ0v) is 12.9. The summed E-state index contributed by atoms with van der Waals surface area (Å²) in [5.41, 5.74) is 1.26. The van der Waals surface area contributed by atoms with Crippen molar-refractivity contribution in [3.8, 4) is 0 Å². The molecule has 0 aliphatic heterocycles. The first kappa shape index (κ1) is 16.2. The maximum atomic E-state index is 6.13. The van der Waals surface area contributed by atoms with Gasteiger partial charge in [0.25, 0.3) is 0 Å². The second kappa shape index (κ2) is 9.11. The fourth-order valence-corrected chi connectivity index (χ4v) is 2.14. The van der Waals surface area contributed by atoms with Crippen molar-refractivity contribution in [1.29, 1.82) is 0 Å². The third-order valence-electron chi connectivity index (χ3n) is 3.25. The van der Waals surface area contributed by atoms with E-state index in [1.807, 2.05) is 0 Å². The van der Waals surface area contributed by atoms with Crippen molar-refractivity contribution in [2.24, 2.45) is 5.92 Å². The van der Waals surface area contributed by atoms with Crippen LogP contribution >= 0.6 is 0 Å². The lowest BCUT2D eigenvalue weighted by atomic mass is 10.1. The maximum Gasteiger partial charge on any atom is 0.0949 e. The van der Waals surface area contributed by atoms with Crippen LogP contribution in [-0.2, 0) is 4.74 Å². The van der Waals surface area contributed by atoms with Crippen LogP contribution in [0.25, 0.3) is 0 Å². The van der Waals surface area contributed by atoms with Crippen LogP contribution in [0, 0.1) is 5.92 Å². The molecule has 0 radical (unpaired) electrons. The maximum absolute atomic E-state index is 6.13. The van der Waals surface area contributed by atoms with E-state index in [0.717, 1.165) is 13.2 Å². The van der Waals surface area contributed by atoms with E-state index in [4.69, 9.17) is 4.74 Å². The number of rotatable bonds is 9. The molecule has 0 saturated carbocycles. The van der Waals surface area contributed by atoms with Crippen LogP contribution in [0.1, 0.15) is 52.2 Å². The highest BCUT2D eigenvalue weighted by Gasteiger charge is 2.13. The third kappa shape index (κ3) is 6.74. The summed E-state index contributed by atoms with van der Waals surface area (Å²) in [5.74, 6) is 0.635. The summed E-state index contributed by atoms with van der Waals surface area (Å²) < 4.78 is 6.13. The zero-order chi connectivity index (χ0) is 14.1. The molecule has 2 atom stereocenters. The Morgan fingerprint density at radius 2 is 1.79 bits per heavy atom. The summed E-state index contributed by atoms with van der Waals surface area (Å²) in [7, 11) is 0. The van der Waals surface area contributed by atoms with Crippen LogP contribution < -0.4 is 5.32 Å². The Bertz CT molecular complexity index is 323. The number of hydrogen-bond acceptors (Lipinski definition) is 2. The molecule has 2 nitrogen and oxygen atoms in total. The van der Waals surface area contributed by atoms with Gasteiger partial charge in [0.2, 0.25) is 0 Å². The van der Waals surface area contributed by atoms with E-state index in [1.165, 1.54) is 18.4 Å². The van der Waals surface area contributed by atoms with Gasteiger partial charge in [-0.05, 0) is 17.9 Å². The van der Waals surface area contributed by atoms with Crippen LogP contribution in [0.5, 0.6) is 0 Å². The molecule has 0 saturated heterocycles. The number of hydrogen-bond donors (Lipinski definition) is 1. The summed E-state index contributed by atoms with van der Waals surface area (Å²) >= 11 is 0. The highest BCUT2D eigenvalue weighted by molar-refractivity contribution is 5.17. The number of nitrogens with one attached hydrogen (secondary N) is 1. The molecule has 108 valence electrons. The molecule has 0 aliphatic carbocycles. The summed E-state index contributed by atoms with van der Waals surface area (Å²) in [6, 6.07) is 11.0. The van der Waals surface area contributed by atoms with Gasteiger partial charge in [-0.2, -0.15) is 0 Å². The molecule has 19 heavy (non-hydrogen) atoms. The van der Waals surface area contributed by atoms with Crippen molar-refractivity contribution in [3.63, 3.8) is 0 Å². The van der Waals surface area contributed by atoms with Gasteiger partial charge in [-0.25, -0.2) is 0 Å². The molecule has 1 N–H and O–H groups in total. The second-order valence-electron chi connectivity index (χ2n) is 5.69. The topological polar surface area (TPSA) is 21.3 Å². The third-order valence-corrected chi connectivity index (χ3v) is 3.25. The number of benzene rings is 1. The van der Waals surface area contributed by atoms with Crippen molar-refractivity contribution in [2.75, 3.05) is 13.2 Å². The summed E-state index contributed by atoms with van der Waals surface area (Å²) in [6.45, 7) is 10.5. The largest absolute Gasteiger partial charge is 0.372 e. The fourth-order valence-electron chi connectivity index (χ4n) is 2.14. The summed E-state index contributed by atoms with van der Waals surface area (Å²) in [6.07, 6.45) is 2.62. The van der Waals surface area contributed by atoms with E-state index in [2.05, 4.69) is 63.3 Å². The molecule has 0 amide bonds. The minimum atomic E-state index is 0.155. The first-order valence-corrected chi connectivity index (χ1v) is 7.53. The molecule has 0 aliphatic rings. The predicted molar refractivity (Wildman–Crippen MR) is 82.3 cm³/mol. The molecule has 1 rings (SSSR count). The van der Waals surface area contributed by atoms with Gasteiger partial charge in [-0.1, -0.05) is 64.4 Å². The quantitative estimate of drug-likeness (QED) is 0.721. The Morgan fingerprint density at radius 1 is 1.11 bits per heavy atom. The minimum Gasteiger partial charge on any atom is -0.372 e. The van der Waals surface area contributed by atoms with Gasteiger partial charge in [0.1, 0.15) is 0 Å². The first-order valence-electron chi connectivity index (χ1n) is 7.53. The molecule has 0 spiro atoms. The Balaban J connectivity index is 2.54. The van der Waals surface area contributed by atoms with Gasteiger partial charge >= 0.3 is 0 Å². The van der Waals surface area contributed by atoms with Crippen LogP contribution in [0.15, 0.2) is 30.3 Å². The van der Waals surface area contributed by atoms with Gasteiger partial charge in [0.05, 0.1) is 12.7 Å². The molecule has 0 aromatic heterocycles. The highest BCUT2D eigenvalue weighted by atomic mass is 16.5. The zero-order valence-electron chi connectivity index (χ0n) is 12.9. The molecule has 2 heteroatoms. The van der Waals surface area contributed by atoms with Crippen LogP contribution in [-0.4, -0.2) is 19.2 Å². The fraction of sp³-hybridized carbons (Fsp3) is 0.647. The Kier molecular flexibility index (Phi) is 7.76. The van der Waals surface area contributed by atoms with Crippen molar-refractivity contribution in [2.45, 2.75) is 52.7 Å². The van der Waals surface area contributed by atoms with Crippen molar-refractivity contribution in [1.82, 2.24) is 5.32 Å². The molecule has 1 aromatic carbocycles. The average molecular weight is 263 g/mol. The molecule has 0 fully saturated rings. The standard InChI is InChI=1S/C17H29NO/c1-5-9-15(4)13-19-17(12-18-14(2)3)16-10-7-6-8-11-16/h6-8,10-11,14-15,17-18H,5,9,12-13H2,1-4H3. The van der Waals surface area contributed by atoms with Gasteiger partial charge in [-0.15, -0.1) is 0 Å². The number of ether oxygens (including phenoxy) is 1. The molecular formula is C17H29NO. The van der Waals surface area contributed by atoms with E-state index >= 15 is 0 Å². The smallest absolute Gasteiger partial charge is 0.0949 e. The Hall–Kier alpha value is -0.860. The second-order valence-corrected chi connectivity index (χ2v) is 5.69. The van der Waals surface area contributed by atoms with E-state index in [-0.39, 0.29) is 6.10 Å². The molecule has 2 unspecified atom stereocenters.